The summed E-state index contributed by atoms with van der Waals surface area (Å²) in [5.74, 6) is 0.628. The third-order valence-electron chi connectivity index (χ3n) is 2.91. The summed E-state index contributed by atoms with van der Waals surface area (Å²) in [7, 11) is 1.62. The Bertz CT molecular complexity index is 491. The van der Waals surface area contributed by atoms with Crippen molar-refractivity contribution in [2.45, 2.75) is 19.9 Å². The molecule has 2 rings (SSSR count). The number of aryl methyl sites for hydroxylation is 1. The topological polar surface area (TPSA) is 34.1 Å². The zero-order chi connectivity index (χ0) is 13.0. The van der Waals surface area contributed by atoms with E-state index < -0.39 is 0 Å². The molecule has 1 N–H and O–H groups in total. The smallest absolute Gasteiger partial charge is 0.213 e. The first-order chi connectivity index (χ1) is 8.69. The number of ether oxygens (including phenoxy) is 1. The fourth-order valence-corrected chi connectivity index (χ4v) is 1.77. The number of rotatable bonds is 4. The van der Waals surface area contributed by atoms with Crippen LogP contribution in [0.3, 0.4) is 0 Å². The van der Waals surface area contributed by atoms with Gasteiger partial charge >= 0.3 is 0 Å². The van der Waals surface area contributed by atoms with Gasteiger partial charge < -0.3 is 10.1 Å². The minimum atomic E-state index is 0.251. The summed E-state index contributed by atoms with van der Waals surface area (Å²) in [5, 5.41) is 3.41. The Labute approximate surface area is 108 Å². The second-order valence-electron chi connectivity index (χ2n) is 4.37. The molecule has 0 saturated heterocycles. The standard InChI is InChI=1S/C15H18N2O/c1-11-4-6-13(7-5-11)12(2)17-14-8-9-15(18-3)16-10-14/h4-10,12,17H,1-3H3. The lowest BCUT2D eigenvalue weighted by atomic mass is 10.1. The van der Waals surface area contributed by atoms with E-state index in [9.17, 15) is 0 Å². The number of methoxy groups -OCH3 is 1. The van der Waals surface area contributed by atoms with Crippen LogP contribution >= 0.6 is 0 Å². The summed E-state index contributed by atoms with van der Waals surface area (Å²) in [6, 6.07) is 12.6. The van der Waals surface area contributed by atoms with Gasteiger partial charge in [0, 0.05) is 12.1 Å². The molecule has 0 spiro atoms. The SMILES string of the molecule is COc1ccc(NC(C)c2ccc(C)cc2)cn1. The molecule has 1 unspecified atom stereocenters. The summed E-state index contributed by atoms with van der Waals surface area (Å²) in [5.41, 5.74) is 3.53. The molecule has 0 amide bonds. The Morgan fingerprint density at radius 1 is 1.11 bits per heavy atom. The Morgan fingerprint density at radius 3 is 2.39 bits per heavy atom. The first kappa shape index (κ1) is 12.4. The van der Waals surface area contributed by atoms with Crippen molar-refractivity contribution < 1.29 is 4.74 Å². The van der Waals surface area contributed by atoms with Crippen molar-refractivity contribution in [2.24, 2.45) is 0 Å². The van der Waals surface area contributed by atoms with Gasteiger partial charge in [0.05, 0.1) is 19.0 Å². The van der Waals surface area contributed by atoms with Crippen molar-refractivity contribution >= 4 is 5.69 Å². The molecule has 0 fully saturated rings. The number of pyridine rings is 1. The predicted molar refractivity (Wildman–Crippen MR) is 74.0 cm³/mol. The van der Waals surface area contributed by atoms with Gasteiger partial charge in [-0.25, -0.2) is 4.98 Å². The number of nitrogens with zero attached hydrogens (tertiary/aromatic N) is 1. The Balaban J connectivity index is 2.05. The van der Waals surface area contributed by atoms with Crippen LogP contribution in [0.15, 0.2) is 42.6 Å². The molecule has 94 valence electrons. The first-order valence-electron chi connectivity index (χ1n) is 6.02. The lowest BCUT2D eigenvalue weighted by Gasteiger charge is -2.15. The summed E-state index contributed by atoms with van der Waals surface area (Å²) >= 11 is 0. The molecule has 1 aromatic carbocycles. The second kappa shape index (κ2) is 5.54. The van der Waals surface area contributed by atoms with E-state index in [2.05, 4.69) is 48.4 Å². The maximum atomic E-state index is 5.03. The minimum Gasteiger partial charge on any atom is -0.481 e. The van der Waals surface area contributed by atoms with Gasteiger partial charge in [-0.1, -0.05) is 29.8 Å². The van der Waals surface area contributed by atoms with Crippen LogP contribution in [-0.4, -0.2) is 12.1 Å². The van der Waals surface area contributed by atoms with Crippen LogP contribution in [0.2, 0.25) is 0 Å². The Kier molecular flexibility index (Phi) is 3.82. The maximum Gasteiger partial charge on any atom is 0.213 e. The molecule has 2 aromatic rings. The highest BCUT2D eigenvalue weighted by Gasteiger charge is 2.05. The van der Waals surface area contributed by atoms with Gasteiger partial charge in [0.1, 0.15) is 0 Å². The van der Waals surface area contributed by atoms with Crippen molar-refractivity contribution in [2.75, 3.05) is 12.4 Å². The van der Waals surface area contributed by atoms with Crippen molar-refractivity contribution in [3.63, 3.8) is 0 Å². The highest BCUT2D eigenvalue weighted by Crippen LogP contribution is 2.20. The van der Waals surface area contributed by atoms with Crippen LogP contribution in [0.4, 0.5) is 5.69 Å². The zero-order valence-electron chi connectivity index (χ0n) is 11.0. The maximum absolute atomic E-state index is 5.03. The van der Waals surface area contributed by atoms with Gasteiger partial charge in [0.25, 0.3) is 0 Å². The van der Waals surface area contributed by atoms with E-state index in [4.69, 9.17) is 4.74 Å². The van der Waals surface area contributed by atoms with Crippen LogP contribution < -0.4 is 10.1 Å². The molecule has 18 heavy (non-hydrogen) atoms. The van der Waals surface area contributed by atoms with E-state index in [1.165, 1.54) is 11.1 Å². The largest absolute Gasteiger partial charge is 0.481 e. The van der Waals surface area contributed by atoms with Gasteiger partial charge in [-0.15, -0.1) is 0 Å². The monoisotopic (exact) mass is 242 g/mol. The van der Waals surface area contributed by atoms with Gasteiger partial charge in [0.15, 0.2) is 0 Å². The average molecular weight is 242 g/mol. The molecule has 3 nitrogen and oxygen atoms in total. The van der Waals surface area contributed by atoms with Gasteiger partial charge in [-0.2, -0.15) is 0 Å². The number of benzene rings is 1. The molecule has 0 radical (unpaired) electrons. The number of hydrogen-bond donors (Lipinski definition) is 1. The van der Waals surface area contributed by atoms with Crippen LogP contribution in [-0.2, 0) is 0 Å². The third-order valence-corrected chi connectivity index (χ3v) is 2.91. The fourth-order valence-electron chi connectivity index (χ4n) is 1.77. The van der Waals surface area contributed by atoms with Crippen molar-refractivity contribution in [3.05, 3.63) is 53.7 Å². The third kappa shape index (κ3) is 3.00. The van der Waals surface area contributed by atoms with Gasteiger partial charge in [-0.3, -0.25) is 0 Å². The molecular formula is C15H18N2O. The molecule has 3 heteroatoms. The molecule has 0 bridgehead atoms. The zero-order valence-corrected chi connectivity index (χ0v) is 11.0. The first-order valence-corrected chi connectivity index (χ1v) is 6.02. The highest BCUT2D eigenvalue weighted by molar-refractivity contribution is 5.44. The highest BCUT2D eigenvalue weighted by atomic mass is 16.5. The Hall–Kier alpha value is -2.03. The van der Waals surface area contributed by atoms with Crippen molar-refractivity contribution in [3.8, 4) is 5.88 Å². The minimum absolute atomic E-state index is 0.251. The molecule has 0 aliphatic rings. The summed E-state index contributed by atoms with van der Waals surface area (Å²) in [6.07, 6.45) is 1.78. The lowest BCUT2D eigenvalue weighted by Crippen LogP contribution is -2.06. The Morgan fingerprint density at radius 2 is 1.83 bits per heavy atom. The van der Waals surface area contributed by atoms with E-state index in [0.717, 1.165) is 5.69 Å². The molecule has 0 saturated carbocycles. The number of hydrogen-bond acceptors (Lipinski definition) is 3. The molecular weight excluding hydrogens is 224 g/mol. The van der Waals surface area contributed by atoms with Crippen LogP contribution in [0.5, 0.6) is 5.88 Å². The van der Waals surface area contributed by atoms with Crippen molar-refractivity contribution in [1.82, 2.24) is 4.98 Å². The van der Waals surface area contributed by atoms with Crippen molar-refractivity contribution in [1.29, 1.82) is 0 Å². The summed E-state index contributed by atoms with van der Waals surface area (Å²) in [6.45, 7) is 4.23. The quantitative estimate of drug-likeness (QED) is 0.890. The molecule has 0 aliphatic carbocycles. The summed E-state index contributed by atoms with van der Waals surface area (Å²) in [4.78, 5) is 4.17. The second-order valence-corrected chi connectivity index (χ2v) is 4.37. The van der Waals surface area contributed by atoms with E-state index in [1.807, 2.05) is 12.1 Å². The van der Waals surface area contributed by atoms with Gasteiger partial charge in [0.2, 0.25) is 5.88 Å². The van der Waals surface area contributed by atoms with Gasteiger partial charge in [-0.05, 0) is 25.5 Å². The average Bonchev–Trinajstić information content (AvgIpc) is 2.40. The molecule has 1 atom stereocenters. The number of anilines is 1. The normalized spacial score (nSPS) is 11.9. The van der Waals surface area contributed by atoms with E-state index in [-0.39, 0.29) is 6.04 Å². The molecule has 1 aromatic heterocycles. The van der Waals surface area contributed by atoms with Crippen LogP contribution in [0.25, 0.3) is 0 Å². The van der Waals surface area contributed by atoms with Crippen LogP contribution in [0.1, 0.15) is 24.1 Å². The molecule has 1 heterocycles. The fraction of sp³-hybridized carbons (Fsp3) is 0.267. The van der Waals surface area contributed by atoms with Crippen LogP contribution in [0, 0.1) is 6.92 Å². The summed E-state index contributed by atoms with van der Waals surface area (Å²) < 4.78 is 5.03. The number of nitrogens with one attached hydrogen (secondary N) is 1. The van der Waals surface area contributed by atoms with E-state index in [0.29, 0.717) is 5.88 Å². The lowest BCUT2D eigenvalue weighted by molar-refractivity contribution is 0.398. The number of aromatic nitrogens is 1. The van der Waals surface area contributed by atoms with E-state index in [1.54, 1.807) is 13.3 Å². The predicted octanol–water partition coefficient (Wildman–Crippen LogP) is 3.57. The van der Waals surface area contributed by atoms with E-state index >= 15 is 0 Å². The molecule has 0 aliphatic heterocycles.